The average Bonchev–Trinajstić information content (AvgIpc) is 3.19. The van der Waals surface area contributed by atoms with E-state index in [0.717, 1.165) is 41.7 Å². The predicted octanol–water partition coefficient (Wildman–Crippen LogP) is 3.76. The summed E-state index contributed by atoms with van der Waals surface area (Å²) < 4.78 is 45.4. The van der Waals surface area contributed by atoms with Crippen molar-refractivity contribution in [1.82, 2.24) is 19.7 Å². The molecule has 0 atom stereocenters. The van der Waals surface area contributed by atoms with Crippen molar-refractivity contribution in [2.45, 2.75) is 19.3 Å². The molecule has 3 amide bonds. The summed E-state index contributed by atoms with van der Waals surface area (Å²) in [6, 6.07) is 9.18. The minimum atomic E-state index is -4.44. The van der Waals surface area contributed by atoms with Crippen LogP contribution in [-0.2, 0) is 24.1 Å². The van der Waals surface area contributed by atoms with Crippen LogP contribution in [0.15, 0.2) is 48.7 Å². The number of urea groups is 1. The topological polar surface area (TPSA) is 78.8 Å². The lowest BCUT2D eigenvalue weighted by Gasteiger charge is -2.32. The van der Waals surface area contributed by atoms with Crippen LogP contribution in [0.3, 0.4) is 0 Å². The number of hydrogen-bond acceptors (Lipinski definition) is 4. The van der Waals surface area contributed by atoms with E-state index in [2.05, 4.69) is 15.5 Å². The van der Waals surface area contributed by atoms with Crippen molar-refractivity contribution < 1.29 is 27.5 Å². The zero-order valence-electron chi connectivity index (χ0n) is 20.1. The number of ether oxygens (including phenoxy) is 1. The summed E-state index contributed by atoms with van der Waals surface area (Å²) in [6.07, 6.45) is -2.61. The minimum absolute atomic E-state index is 0.0235. The summed E-state index contributed by atoms with van der Waals surface area (Å²) in [5, 5.41) is 6.09. The number of alkyl halides is 3. The predicted molar refractivity (Wildman–Crippen MR) is 130 cm³/mol. The van der Waals surface area contributed by atoms with Crippen LogP contribution in [0, 0.1) is 0 Å². The van der Waals surface area contributed by atoms with Crippen molar-refractivity contribution >= 4 is 28.5 Å². The first-order valence-corrected chi connectivity index (χ1v) is 11.5. The smallest absolute Gasteiger partial charge is 0.416 e. The lowest BCUT2D eigenvalue weighted by atomic mass is 10.1. The summed E-state index contributed by atoms with van der Waals surface area (Å²) in [7, 11) is 3.59. The lowest BCUT2D eigenvalue weighted by molar-refractivity contribution is -0.137. The molecule has 192 valence electrons. The Kier molecular flexibility index (Phi) is 7.39. The number of nitrogens with one attached hydrogen (secondary N) is 2. The summed E-state index contributed by atoms with van der Waals surface area (Å²) >= 11 is 0. The zero-order valence-corrected chi connectivity index (χ0v) is 20.1. The highest BCUT2D eigenvalue weighted by atomic mass is 19.4. The third kappa shape index (κ3) is 5.91. The fraction of sp³-hybridized carbons (Fsp3) is 0.360. The molecule has 1 aliphatic heterocycles. The molecular weight excluding hydrogens is 475 g/mol. The Morgan fingerprint density at radius 1 is 1.03 bits per heavy atom. The number of nitrogens with zero attached hydrogens (tertiary/aromatic N) is 3. The molecule has 2 aromatic carbocycles. The van der Waals surface area contributed by atoms with Crippen LogP contribution in [0.2, 0.25) is 0 Å². The molecule has 2 N–H and O–H groups in total. The van der Waals surface area contributed by atoms with Crippen LogP contribution >= 0.6 is 0 Å². The summed E-state index contributed by atoms with van der Waals surface area (Å²) in [5.41, 5.74) is 1.06. The van der Waals surface area contributed by atoms with Gasteiger partial charge in [0.1, 0.15) is 12.3 Å². The van der Waals surface area contributed by atoms with Crippen molar-refractivity contribution in [2.24, 2.45) is 0 Å². The molecule has 0 radical (unpaired) electrons. The second kappa shape index (κ2) is 10.5. The number of halogens is 3. The van der Waals surface area contributed by atoms with E-state index >= 15 is 0 Å². The van der Waals surface area contributed by atoms with Gasteiger partial charge in [-0.25, -0.2) is 4.79 Å². The fourth-order valence-corrected chi connectivity index (χ4v) is 4.14. The Balaban J connectivity index is 1.46. The third-order valence-corrected chi connectivity index (χ3v) is 6.24. The highest BCUT2D eigenvalue weighted by Gasteiger charge is 2.30. The molecule has 0 bridgehead atoms. The summed E-state index contributed by atoms with van der Waals surface area (Å²) in [6.45, 7) is 3.34. The maximum atomic E-state index is 12.9. The number of anilines is 1. The third-order valence-electron chi connectivity index (χ3n) is 6.24. The minimum Gasteiger partial charge on any atom is -0.497 e. The first-order valence-electron chi connectivity index (χ1n) is 11.5. The van der Waals surface area contributed by atoms with Gasteiger partial charge in [0, 0.05) is 55.5 Å². The second-order valence-corrected chi connectivity index (χ2v) is 8.73. The van der Waals surface area contributed by atoms with Gasteiger partial charge in [0.15, 0.2) is 0 Å². The van der Waals surface area contributed by atoms with Crippen molar-refractivity contribution in [3.63, 3.8) is 0 Å². The molecule has 0 aliphatic carbocycles. The lowest BCUT2D eigenvalue weighted by Crippen LogP contribution is -2.48. The Bertz CT molecular complexity index is 1230. The van der Waals surface area contributed by atoms with Crippen LogP contribution in [0.5, 0.6) is 5.75 Å². The van der Waals surface area contributed by atoms with Crippen LogP contribution < -0.4 is 15.4 Å². The first-order chi connectivity index (χ1) is 17.1. The molecule has 8 nitrogen and oxygen atoms in total. The van der Waals surface area contributed by atoms with E-state index in [4.69, 9.17) is 4.74 Å². The molecule has 0 unspecified atom stereocenters. The van der Waals surface area contributed by atoms with Crippen molar-refractivity contribution in [3.05, 3.63) is 59.8 Å². The van der Waals surface area contributed by atoms with Gasteiger partial charge in [-0.3, -0.25) is 4.79 Å². The number of piperazine rings is 1. The van der Waals surface area contributed by atoms with Gasteiger partial charge < -0.3 is 29.7 Å². The fourth-order valence-electron chi connectivity index (χ4n) is 4.14. The molecule has 1 fully saturated rings. The van der Waals surface area contributed by atoms with Crippen molar-refractivity contribution in [3.8, 4) is 5.75 Å². The highest BCUT2D eigenvalue weighted by Crippen LogP contribution is 2.30. The number of aromatic nitrogens is 1. The van der Waals surface area contributed by atoms with Gasteiger partial charge in [-0.1, -0.05) is 0 Å². The second-order valence-electron chi connectivity index (χ2n) is 8.73. The SMILES string of the molecule is COc1ccc2c(c1)c(CNC(=O)Nc1ccc(C(F)(F)F)cc1)cn2CC(=O)N1CCN(C)CC1. The number of carbonyl (C=O) groups excluding carboxylic acids is 2. The van der Waals surface area contributed by atoms with E-state index in [0.29, 0.717) is 18.8 Å². The van der Waals surface area contributed by atoms with Gasteiger partial charge in [-0.15, -0.1) is 0 Å². The largest absolute Gasteiger partial charge is 0.497 e. The molecule has 11 heteroatoms. The van der Waals surface area contributed by atoms with Crippen molar-refractivity contribution in [1.29, 1.82) is 0 Å². The number of fused-ring (bicyclic) bond motifs is 1. The van der Waals surface area contributed by atoms with E-state index in [1.54, 1.807) is 7.11 Å². The molecule has 4 rings (SSSR count). The molecule has 1 aromatic heterocycles. The number of likely N-dealkylation sites (N-methyl/N-ethyl adjacent to an activating group) is 1. The van der Waals surface area contributed by atoms with Crippen LogP contribution in [0.1, 0.15) is 11.1 Å². The number of hydrogen-bond donors (Lipinski definition) is 2. The monoisotopic (exact) mass is 503 g/mol. The van der Waals surface area contributed by atoms with Gasteiger partial charge in [-0.05, 0) is 55.1 Å². The number of amides is 3. The number of benzene rings is 2. The van der Waals surface area contributed by atoms with Gasteiger partial charge in [0.25, 0.3) is 0 Å². The number of rotatable bonds is 6. The number of carbonyl (C=O) groups is 2. The van der Waals surface area contributed by atoms with E-state index in [9.17, 15) is 22.8 Å². The quantitative estimate of drug-likeness (QED) is 0.537. The molecule has 1 aliphatic rings. The molecule has 3 aromatic rings. The molecule has 2 heterocycles. The Morgan fingerprint density at radius 2 is 1.72 bits per heavy atom. The molecule has 36 heavy (non-hydrogen) atoms. The standard InChI is InChI=1S/C25H28F3N5O3/c1-31-9-11-32(12-10-31)23(34)16-33-15-17(21-13-20(36-2)7-8-22(21)33)14-29-24(35)30-19-5-3-18(4-6-19)25(26,27)28/h3-8,13,15H,9-12,14,16H2,1-2H3,(H2,29,30,35). The maximum absolute atomic E-state index is 12.9. The van der Waals surface area contributed by atoms with Crippen LogP contribution in [-0.4, -0.2) is 66.6 Å². The summed E-state index contributed by atoms with van der Waals surface area (Å²) in [5.74, 6) is 0.663. The Labute approximate surface area is 206 Å². The first kappa shape index (κ1) is 25.4. The Hall–Kier alpha value is -3.73. The Morgan fingerprint density at radius 3 is 2.36 bits per heavy atom. The van der Waals surface area contributed by atoms with Gasteiger partial charge in [0.2, 0.25) is 5.91 Å². The normalized spacial score (nSPS) is 14.6. The molecule has 0 saturated carbocycles. The van der Waals surface area contributed by atoms with Crippen molar-refractivity contribution in [2.75, 3.05) is 45.7 Å². The number of methoxy groups -OCH3 is 1. The zero-order chi connectivity index (χ0) is 25.9. The van der Waals surface area contributed by atoms with Crippen LogP contribution in [0.4, 0.5) is 23.7 Å². The molecule has 0 spiro atoms. The maximum Gasteiger partial charge on any atom is 0.416 e. The molecular formula is C25H28F3N5O3. The van der Waals surface area contributed by atoms with E-state index in [-0.39, 0.29) is 24.7 Å². The van der Waals surface area contributed by atoms with Gasteiger partial charge in [0.05, 0.1) is 12.7 Å². The van der Waals surface area contributed by atoms with Crippen LogP contribution in [0.25, 0.3) is 10.9 Å². The van der Waals surface area contributed by atoms with Gasteiger partial charge in [-0.2, -0.15) is 13.2 Å². The molecule has 1 saturated heterocycles. The van der Waals surface area contributed by atoms with E-state index in [1.807, 2.05) is 40.9 Å². The average molecular weight is 504 g/mol. The van der Waals surface area contributed by atoms with E-state index < -0.39 is 17.8 Å². The highest BCUT2D eigenvalue weighted by molar-refractivity contribution is 5.91. The summed E-state index contributed by atoms with van der Waals surface area (Å²) in [4.78, 5) is 29.4. The van der Waals surface area contributed by atoms with Gasteiger partial charge >= 0.3 is 12.2 Å². The van der Waals surface area contributed by atoms with E-state index in [1.165, 1.54) is 12.1 Å².